The van der Waals surface area contributed by atoms with Crippen LogP contribution in [0.3, 0.4) is 0 Å². The first kappa shape index (κ1) is 49.2. The Labute approximate surface area is 434 Å². The first-order chi connectivity index (χ1) is 34.6. The Hall–Kier alpha value is -7.37. The normalized spacial score (nSPS) is 13.8. The van der Waals surface area contributed by atoms with Crippen molar-refractivity contribution < 1.29 is 4.74 Å². The molecule has 370 valence electrons. The summed E-state index contributed by atoms with van der Waals surface area (Å²) in [4.78, 5) is 9.90. The number of anilines is 2. The van der Waals surface area contributed by atoms with Crippen LogP contribution in [0.1, 0.15) is 135 Å². The Morgan fingerprint density at radius 2 is 0.973 bits per heavy atom. The zero-order valence-electron chi connectivity index (χ0n) is 45.3. The van der Waals surface area contributed by atoms with E-state index in [0.717, 1.165) is 56.2 Å². The van der Waals surface area contributed by atoms with E-state index in [2.05, 4.69) is 287 Å². The summed E-state index contributed by atoms with van der Waals surface area (Å²) in [5.74, 6) is 2.43. The fraction of sp³-hybridized carbons (Fsp3) is 0.279. The summed E-state index contributed by atoms with van der Waals surface area (Å²) in [6.45, 7) is 30.5. The third-order valence-corrected chi connectivity index (χ3v) is 15.4. The molecule has 1 aliphatic rings. The molecule has 0 fully saturated rings. The van der Waals surface area contributed by atoms with Crippen LogP contribution in [0.5, 0.6) is 11.5 Å². The molecule has 0 amide bonds. The van der Waals surface area contributed by atoms with Crippen LogP contribution in [0.4, 0.5) is 11.4 Å². The van der Waals surface area contributed by atoms with Gasteiger partial charge >= 0.3 is 0 Å². The van der Waals surface area contributed by atoms with E-state index in [-0.39, 0.29) is 27.1 Å². The van der Waals surface area contributed by atoms with Gasteiger partial charge in [-0.25, -0.2) is 4.98 Å². The molecule has 9 aromatic rings. The van der Waals surface area contributed by atoms with Crippen molar-refractivity contribution in [1.82, 2.24) is 9.55 Å². The number of benzene rings is 7. The second kappa shape index (κ2) is 18.3. The molecule has 0 N–H and O–H groups in total. The summed E-state index contributed by atoms with van der Waals surface area (Å²) in [6, 6.07) is 64.5. The molecule has 0 radical (unpaired) electrons. The third kappa shape index (κ3) is 9.59. The Kier molecular flexibility index (Phi) is 12.3. The molecule has 0 saturated carbocycles. The van der Waals surface area contributed by atoms with Gasteiger partial charge in [0, 0.05) is 57.5 Å². The van der Waals surface area contributed by atoms with Crippen molar-refractivity contribution in [2.24, 2.45) is 0 Å². The van der Waals surface area contributed by atoms with E-state index in [1.54, 1.807) is 0 Å². The van der Waals surface area contributed by atoms with Crippen LogP contribution >= 0.6 is 0 Å². The maximum atomic E-state index is 7.18. The van der Waals surface area contributed by atoms with E-state index >= 15 is 0 Å². The molecule has 0 spiro atoms. The highest BCUT2D eigenvalue weighted by Gasteiger charge is 2.32. The highest BCUT2D eigenvalue weighted by atomic mass is 16.5. The Morgan fingerprint density at radius 1 is 0.411 bits per heavy atom. The monoisotopic (exact) mass is 961 g/mol. The predicted molar refractivity (Wildman–Crippen MR) is 309 cm³/mol. The summed E-state index contributed by atoms with van der Waals surface area (Å²) in [5.41, 5.74) is 14.8. The first-order valence-electron chi connectivity index (χ1n) is 26.0. The minimum Gasteiger partial charge on any atom is -0.457 e. The van der Waals surface area contributed by atoms with Gasteiger partial charge in [-0.1, -0.05) is 193 Å². The van der Waals surface area contributed by atoms with Gasteiger partial charge in [0.05, 0.1) is 23.4 Å². The van der Waals surface area contributed by atoms with Gasteiger partial charge in [-0.05, 0) is 121 Å². The van der Waals surface area contributed by atoms with Crippen LogP contribution < -0.4 is 14.5 Å². The highest BCUT2D eigenvalue weighted by molar-refractivity contribution is 6.10. The minimum atomic E-state index is -0.343. The van der Waals surface area contributed by atoms with Gasteiger partial charge in [0.15, 0.2) is 0 Å². The Balaban J connectivity index is 1.12. The lowest BCUT2D eigenvalue weighted by Gasteiger charge is -2.32. The van der Waals surface area contributed by atoms with Gasteiger partial charge in [0.2, 0.25) is 0 Å². The zero-order valence-corrected chi connectivity index (χ0v) is 45.3. The van der Waals surface area contributed by atoms with Crippen LogP contribution in [-0.4, -0.2) is 16.2 Å². The van der Waals surface area contributed by atoms with Crippen molar-refractivity contribution in [3.8, 4) is 17.3 Å². The van der Waals surface area contributed by atoms with Crippen LogP contribution in [0.25, 0.3) is 33.3 Å². The minimum absolute atomic E-state index is 0.00553. The highest BCUT2D eigenvalue weighted by Crippen LogP contribution is 2.45. The van der Waals surface area contributed by atoms with Gasteiger partial charge in [0.25, 0.3) is 0 Å². The molecule has 10 rings (SSSR count). The molecule has 1 aliphatic heterocycles. The molecule has 0 aliphatic carbocycles. The van der Waals surface area contributed by atoms with Crippen molar-refractivity contribution in [3.63, 3.8) is 0 Å². The maximum Gasteiger partial charge on any atom is 0.137 e. The largest absolute Gasteiger partial charge is 0.457 e. The average molecular weight is 961 g/mol. The second-order valence-electron chi connectivity index (χ2n) is 24.4. The van der Waals surface area contributed by atoms with Gasteiger partial charge in [0.1, 0.15) is 17.3 Å². The van der Waals surface area contributed by atoms with Gasteiger partial charge in [-0.15, -0.1) is 0 Å². The summed E-state index contributed by atoms with van der Waals surface area (Å²) in [7, 11) is 0. The number of nitrogens with zero attached hydrogens (tertiary/aromatic N) is 4. The summed E-state index contributed by atoms with van der Waals surface area (Å²) >= 11 is 0. The molecular weight excluding hydrogens is 889 g/mol. The average Bonchev–Trinajstić information content (AvgIpc) is 3.96. The van der Waals surface area contributed by atoms with Gasteiger partial charge in [-0.2, -0.15) is 0 Å². The molecule has 0 saturated heterocycles. The third-order valence-electron chi connectivity index (χ3n) is 15.4. The van der Waals surface area contributed by atoms with Crippen LogP contribution in [0, 0.1) is 0 Å². The molecule has 0 atom stereocenters. The van der Waals surface area contributed by atoms with E-state index in [1.807, 2.05) is 6.20 Å². The lowest BCUT2D eigenvalue weighted by Crippen LogP contribution is -2.28. The Bertz CT molecular complexity index is 3510. The number of pyridine rings is 1. The van der Waals surface area contributed by atoms with Crippen molar-refractivity contribution in [1.29, 1.82) is 0 Å². The molecule has 5 nitrogen and oxygen atoms in total. The lowest BCUT2D eigenvalue weighted by molar-refractivity contribution is 0.480. The number of hydrogen-bond acceptors (Lipinski definition) is 4. The Morgan fingerprint density at radius 3 is 1.59 bits per heavy atom. The summed E-state index contributed by atoms with van der Waals surface area (Å²) in [6.07, 6.45) is 4.27. The smallest absolute Gasteiger partial charge is 0.137 e. The quantitative estimate of drug-likeness (QED) is 0.137. The number of aromatic nitrogens is 2. The van der Waals surface area contributed by atoms with Crippen molar-refractivity contribution >= 4 is 38.9 Å². The van der Waals surface area contributed by atoms with E-state index in [4.69, 9.17) is 9.72 Å². The summed E-state index contributed by atoms with van der Waals surface area (Å²) < 4.78 is 9.49. The van der Waals surface area contributed by atoms with E-state index < -0.39 is 0 Å². The number of hydrogen-bond donors (Lipinski definition) is 0. The molecule has 2 aromatic heterocycles. The molecule has 73 heavy (non-hydrogen) atoms. The van der Waals surface area contributed by atoms with Gasteiger partial charge in [-0.3, -0.25) is 4.57 Å². The molecule has 0 bridgehead atoms. The lowest BCUT2D eigenvalue weighted by atomic mass is 9.75. The number of fused-ring (bicyclic) bond motifs is 3. The SMILES string of the molecule is CC(C)(C)c1cc(N2CN(c3cc(Oc4ccc5c6cc(C(C)(C)C)ccc6n(-c6cc(C(C)(C)C)ccn6)c5c4)cc(C(C)(C)c4ccccc4)c3)C=C2c2ccccc2)cc(C(C)(C)c2ccccc2)c1. The second-order valence-corrected chi connectivity index (χ2v) is 24.4. The molecular formula is C68H72N4O. The zero-order chi connectivity index (χ0) is 51.7. The van der Waals surface area contributed by atoms with Crippen LogP contribution in [-0.2, 0) is 27.1 Å². The summed E-state index contributed by atoms with van der Waals surface area (Å²) in [5, 5.41) is 2.37. The maximum absolute atomic E-state index is 7.18. The molecule has 3 heterocycles. The van der Waals surface area contributed by atoms with Crippen LogP contribution in [0.15, 0.2) is 188 Å². The standard InChI is InChI=1S/C68H72N4O/c1-64(2,3)49-29-32-60-59(40-49)58-31-30-56(43-61(58)72(60)63-41-50(33-34-69-63)65(4,5)6)73-57-39-53(68(12,13)48-27-21-16-22-28-48)37-54(42-57)70-44-62(46-23-17-14-18-24-46)71(45-70)55-36-51(66(7,8)9)35-52(38-55)67(10,11)47-25-19-15-20-26-47/h14-44H,45H2,1-13H3. The number of rotatable bonds is 10. The van der Waals surface area contributed by atoms with Crippen molar-refractivity contribution in [2.75, 3.05) is 16.5 Å². The van der Waals surface area contributed by atoms with Crippen molar-refractivity contribution in [2.45, 2.75) is 117 Å². The molecule has 0 unspecified atom stereocenters. The first-order valence-corrected chi connectivity index (χ1v) is 26.0. The van der Waals surface area contributed by atoms with E-state index in [9.17, 15) is 0 Å². The number of ether oxygens (including phenoxy) is 1. The van der Waals surface area contributed by atoms with E-state index in [1.165, 1.54) is 44.5 Å². The van der Waals surface area contributed by atoms with Crippen molar-refractivity contribution in [3.05, 3.63) is 233 Å². The topological polar surface area (TPSA) is 33.5 Å². The predicted octanol–water partition coefficient (Wildman–Crippen LogP) is 17.8. The molecule has 5 heteroatoms. The van der Waals surface area contributed by atoms with E-state index in [0.29, 0.717) is 6.67 Å². The van der Waals surface area contributed by atoms with Gasteiger partial charge < -0.3 is 14.5 Å². The fourth-order valence-corrected chi connectivity index (χ4v) is 10.4. The fourth-order valence-electron chi connectivity index (χ4n) is 10.4. The van der Waals surface area contributed by atoms with Crippen LogP contribution in [0.2, 0.25) is 0 Å². The molecule has 7 aromatic carbocycles.